The molecule has 0 spiro atoms. The lowest BCUT2D eigenvalue weighted by Crippen LogP contribution is -2.46. The molecular weight excluding hydrogens is 446 g/mol. The van der Waals surface area contributed by atoms with Gasteiger partial charge in [-0.05, 0) is 56.2 Å². The topological polar surface area (TPSA) is 119 Å². The van der Waals surface area contributed by atoms with Gasteiger partial charge in [-0.2, -0.15) is 0 Å². The highest BCUT2D eigenvalue weighted by Gasteiger charge is 2.29. The molecule has 9 nitrogen and oxygen atoms in total. The van der Waals surface area contributed by atoms with Gasteiger partial charge in [0.15, 0.2) is 5.96 Å². The van der Waals surface area contributed by atoms with Gasteiger partial charge in [-0.3, -0.25) is 14.5 Å². The zero-order valence-corrected chi connectivity index (χ0v) is 19.7. The van der Waals surface area contributed by atoms with Gasteiger partial charge in [0.2, 0.25) is 5.91 Å². The highest BCUT2D eigenvalue weighted by Crippen LogP contribution is 2.32. The summed E-state index contributed by atoms with van der Waals surface area (Å²) in [7, 11) is 0. The Kier molecular flexibility index (Phi) is 6.39. The van der Waals surface area contributed by atoms with E-state index in [0.29, 0.717) is 48.7 Å². The molecule has 0 fully saturated rings. The Labute approximate surface area is 204 Å². The first-order valence-electron chi connectivity index (χ1n) is 12.0. The van der Waals surface area contributed by atoms with Crippen LogP contribution in [0, 0.1) is 0 Å². The monoisotopic (exact) mass is 475 g/mol. The summed E-state index contributed by atoms with van der Waals surface area (Å²) in [6, 6.07) is 8.60. The fraction of sp³-hybridized carbons (Fsp3) is 0.385. The number of hydrogen-bond acceptors (Lipinski definition) is 7. The number of allylic oxidation sites excluding steroid dienone is 1. The Morgan fingerprint density at radius 3 is 2.94 bits per heavy atom. The average Bonchev–Trinajstić information content (AvgIpc) is 2.85. The molecule has 0 radical (unpaired) electrons. The fourth-order valence-electron chi connectivity index (χ4n) is 4.63. The molecule has 182 valence electrons. The van der Waals surface area contributed by atoms with E-state index < -0.39 is 0 Å². The van der Waals surface area contributed by atoms with Gasteiger partial charge in [-0.15, -0.1) is 0 Å². The van der Waals surface area contributed by atoms with Crippen LogP contribution in [0.1, 0.15) is 66.0 Å². The van der Waals surface area contributed by atoms with Crippen molar-refractivity contribution in [3.8, 4) is 11.5 Å². The van der Waals surface area contributed by atoms with Crippen molar-refractivity contribution in [2.45, 2.75) is 51.2 Å². The van der Waals surface area contributed by atoms with Crippen LogP contribution < -0.4 is 20.5 Å². The molecule has 2 amide bonds. The third-order valence-corrected chi connectivity index (χ3v) is 6.42. The largest absolute Gasteiger partial charge is 0.494 e. The summed E-state index contributed by atoms with van der Waals surface area (Å²) in [6.45, 7) is 3.03. The zero-order chi connectivity index (χ0) is 24.4. The van der Waals surface area contributed by atoms with Crippen molar-refractivity contribution in [2.24, 2.45) is 10.7 Å². The first-order valence-corrected chi connectivity index (χ1v) is 12.0. The van der Waals surface area contributed by atoms with E-state index in [1.54, 1.807) is 18.2 Å². The second-order valence-electron chi connectivity index (χ2n) is 8.84. The molecule has 4 aliphatic rings. The Morgan fingerprint density at radius 1 is 1.23 bits per heavy atom. The minimum Gasteiger partial charge on any atom is -0.494 e. The highest BCUT2D eigenvalue weighted by atomic mass is 16.5. The van der Waals surface area contributed by atoms with Gasteiger partial charge in [-0.1, -0.05) is 6.08 Å². The second kappa shape index (κ2) is 9.77. The smallest absolute Gasteiger partial charge is 0.251 e. The van der Waals surface area contributed by atoms with Gasteiger partial charge in [-0.25, -0.2) is 9.98 Å². The maximum Gasteiger partial charge on any atom is 0.251 e. The number of hydrogen-bond donors (Lipinski definition) is 2. The lowest BCUT2D eigenvalue weighted by atomic mass is 10.0. The number of nitrogens with zero attached hydrogens (tertiary/aromatic N) is 3. The molecule has 0 aliphatic carbocycles. The first kappa shape index (κ1) is 22.9. The molecule has 1 aromatic carbocycles. The van der Waals surface area contributed by atoms with E-state index in [9.17, 15) is 9.59 Å². The van der Waals surface area contributed by atoms with Crippen molar-refractivity contribution in [3.05, 3.63) is 58.9 Å². The quantitative estimate of drug-likeness (QED) is 0.689. The average molecular weight is 476 g/mol. The zero-order valence-electron chi connectivity index (χ0n) is 19.7. The predicted octanol–water partition coefficient (Wildman–Crippen LogP) is 2.96. The number of benzene rings is 1. The van der Waals surface area contributed by atoms with E-state index in [1.165, 1.54) is 4.90 Å². The van der Waals surface area contributed by atoms with Crippen LogP contribution in [0.15, 0.2) is 41.4 Å². The molecule has 1 aromatic heterocycles. The van der Waals surface area contributed by atoms with Crippen LogP contribution in [0.3, 0.4) is 0 Å². The number of rotatable bonds is 2. The lowest BCUT2D eigenvalue weighted by Gasteiger charge is -2.29. The number of carbonyl (C=O) groups excluding carboxylic acids is 2. The number of nitrogens with two attached hydrogens (primary N) is 1. The molecule has 6 bridgehead atoms. The van der Waals surface area contributed by atoms with Gasteiger partial charge in [0.25, 0.3) is 5.91 Å². The van der Waals surface area contributed by atoms with E-state index in [2.05, 4.69) is 10.3 Å². The van der Waals surface area contributed by atoms with E-state index in [4.69, 9.17) is 20.2 Å². The molecule has 0 saturated heterocycles. The fourth-order valence-corrected chi connectivity index (χ4v) is 4.63. The molecule has 3 N–H and O–H groups in total. The van der Waals surface area contributed by atoms with Crippen LogP contribution in [-0.4, -0.2) is 46.9 Å². The van der Waals surface area contributed by atoms with Crippen molar-refractivity contribution in [3.63, 3.8) is 0 Å². The van der Waals surface area contributed by atoms with Crippen molar-refractivity contribution in [2.75, 3.05) is 13.2 Å². The van der Waals surface area contributed by atoms with Gasteiger partial charge >= 0.3 is 0 Å². The van der Waals surface area contributed by atoms with E-state index in [1.807, 2.05) is 31.2 Å². The van der Waals surface area contributed by atoms with Crippen LogP contribution in [0.4, 0.5) is 0 Å². The minimum atomic E-state index is -0.266. The summed E-state index contributed by atoms with van der Waals surface area (Å²) in [6.07, 6.45) is 6.33. The van der Waals surface area contributed by atoms with Crippen molar-refractivity contribution in [1.82, 2.24) is 15.2 Å². The molecule has 0 saturated carbocycles. The number of nitrogens with one attached hydrogen (secondary N) is 1. The van der Waals surface area contributed by atoms with Crippen molar-refractivity contribution < 1.29 is 19.1 Å². The van der Waals surface area contributed by atoms with Crippen molar-refractivity contribution >= 4 is 23.8 Å². The third-order valence-electron chi connectivity index (χ3n) is 6.42. The number of carbonyl (C=O) groups is 2. The number of pyridine rings is 1. The summed E-state index contributed by atoms with van der Waals surface area (Å²) in [5.41, 5.74) is 8.88. The number of fused-ring (bicyclic) bond motifs is 4. The number of amides is 2. The normalized spacial score (nSPS) is 22.9. The van der Waals surface area contributed by atoms with E-state index in [-0.39, 0.29) is 42.8 Å². The Hall–Kier alpha value is -3.88. The lowest BCUT2D eigenvalue weighted by molar-refractivity contribution is -0.128. The SMILES string of the molecule is CCOc1ccc2cc1CN1C(=O)CC(CC/C=C\c3ccc4c(n3)C(CCO4)NC2=O)N=C1N. The first-order chi connectivity index (χ1) is 17.0. The summed E-state index contributed by atoms with van der Waals surface area (Å²) >= 11 is 0. The maximum atomic E-state index is 13.3. The Bertz CT molecular complexity index is 1210. The molecule has 35 heavy (non-hydrogen) atoms. The number of ether oxygens (including phenoxy) is 2. The van der Waals surface area contributed by atoms with E-state index >= 15 is 0 Å². The second-order valence-corrected chi connectivity index (χ2v) is 8.84. The van der Waals surface area contributed by atoms with Crippen LogP contribution in [0.25, 0.3) is 6.08 Å². The molecule has 4 aliphatic heterocycles. The molecule has 6 rings (SSSR count). The molecule has 5 heterocycles. The third kappa shape index (κ3) is 4.84. The summed E-state index contributed by atoms with van der Waals surface area (Å²) in [5, 5.41) is 3.11. The molecule has 2 unspecified atom stereocenters. The minimum absolute atomic E-state index is 0.0889. The summed E-state index contributed by atoms with van der Waals surface area (Å²) in [5.74, 6) is 1.16. The predicted molar refractivity (Wildman–Crippen MR) is 131 cm³/mol. The van der Waals surface area contributed by atoms with Gasteiger partial charge in [0, 0.05) is 24.0 Å². The maximum absolute atomic E-state index is 13.3. The molecule has 9 heteroatoms. The summed E-state index contributed by atoms with van der Waals surface area (Å²) in [4.78, 5) is 37.0. The van der Waals surface area contributed by atoms with Crippen LogP contribution in [0.2, 0.25) is 0 Å². The van der Waals surface area contributed by atoms with Gasteiger partial charge in [0.1, 0.15) is 17.2 Å². The molecule has 2 aromatic rings. The van der Waals surface area contributed by atoms with Crippen LogP contribution >= 0.6 is 0 Å². The van der Waals surface area contributed by atoms with Gasteiger partial charge < -0.3 is 20.5 Å². The number of aliphatic imine (C=N–C) groups is 1. The summed E-state index contributed by atoms with van der Waals surface area (Å²) < 4.78 is 11.6. The number of aromatic nitrogens is 1. The highest BCUT2D eigenvalue weighted by molar-refractivity contribution is 5.99. The Balaban J connectivity index is 1.55. The molecule has 2 atom stereocenters. The van der Waals surface area contributed by atoms with Crippen LogP contribution in [-0.2, 0) is 11.3 Å². The van der Waals surface area contributed by atoms with E-state index in [0.717, 1.165) is 17.8 Å². The van der Waals surface area contributed by atoms with Crippen LogP contribution in [0.5, 0.6) is 11.5 Å². The van der Waals surface area contributed by atoms with Gasteiger partial charge in [0.05, 0.1) is 37.5 Å². The standard InChI is InChI=1S/C26H29N5O4/c1-2-34-21-9-7-16-13-17(21)15-31-23(32)14-19(29-26(31)27)6-4-3-5-18-8-10-22-24(28-18)20(11-12-35-22)30-25(16)33/h3,5,7-10,13,19-20H,2,4,6,11-12,14-15H2,1H3,(H2,27,29)(H,30,33)/b5-3-. The van der Waals surface area contributed by atoms with Crippen molar-refractivity contribution in [1.29, 1.82) is 0 Å². The number of guanidine groups is 1. The Morgan fingerprint density at radius 2 is 2.11 bits per heavy atom. The molecular formula is C26H29N5O4.